The maximum atomic E-state index is 13.1. The summed E-state index contributed by atoms with van der Waals surface area (Å²) in [5, 5.41) is 8.62. The van der Waals surface area contributed by atoms with E-state index in [0.717, 1.165) is 29.9 Å². The molecule has 2 aliphatic rings. The molecule has 2 aromatic heterocycles. The largest absolute Gasteiger partial charge is 0.341 e. The van der Waals surface area contributed by atoms with Crippen LogP contribution in [0.15, 0.2) is 48.7 Å². The molecule has 2 saturated heterocycles. The Morgan fingerprint density at radius 2 is 1.83 bits per heavy atom. The lowest BCUT2D eigenvalue weighted by atomic mass is 9.95. The highest BCUT2D eigenvalue weighted by Gasteiger charge is 2.35. The van der Waals surface area contributed by atoms with Crippen molar-refractivity contribution in [2.24, 2.45) is 0 Å². The number of amides is 1. The molecule has 150 valence electrons. The molecule has 7 nitrogen and oxygen atoms in total. The van der Waals surface area contributed by atoms with Gasteiger partial charge in [-0.25, -0.2) is 15.2 Å². The van der Waals surface area contributed by atoms with Crippen molar-refractivity contribution in [2.75, 3.05) is 13.1 Å². The Bertz CT molecular complexity index is 1010. The molecule has 0 spiro atoms. The first-order valence-corrected chi connectivity index (χ1v) is 10.0. The SMILES string of the molecule is O=C(C1CC(c2ccc(F)cc2)NN1)N1CCC(c2nnc3ccccn23)CC1. The summed E-state index contributed by atoms with van der Waals surface area (Å²) in [6.45, 7) is 1.43. The van der Waals surface area contributed by atoms with Crippen LogP contribution in [-0.2, 0) is 4.79 Å². The van der Waals surface area contributed by atoms with Crippen LogP contribution in [0.1, 0.15) is 42.6 Å². The average Bonchev–Trinajstić information content (AvgIpc) is 3.42. The highest BCUT2D eigenvalue weighted by molar-refractivity contribution is 5.82. The Balaban J connectivity index is 1.20. The topological polar surface area (TPSA) is 74.6 Å². The first-order valence-electron chi connectivity index (χ1n) is 10.0. The van der Waals surface area contributed by atoms with Crippen LogP contribution in [0.25, 0.3) is 5.65 Å². The first-order chi connectivity index (χ1) is 14.2. The minimum Gasteiger partial charge on any atom is -0.341 e. The van der Waals surface area contributed by atoms with E-state index in [4.69, 9.17) is 0 Å². The normalized spacial score (nSPS) is 23.0. The zero-order chi connectivity index (χ0) is 19.8. The van der Waals surface area contributed by atoms with Gasteiger partial charge >= 0.3 is 0 Å². The molecule has 8 heteroatoms. The van der Waals surface area contributed by atoms with Gasteiger partial charge in [-0.05, 0) is 49.1 Å². The second kappa shape index (κ2) is 7.53. The zero-order valence-corrected chi connectivity index (χ0v) is 16.0. The number of nitrogens with zero attached hydrogens (tertiary/aromatic N) is 4. The van der Waals surface area contributed by atoms with E-state index in [-0.39, 0.29) is 23.8 Å². The van der Waals surface area contributed by atoms with Crippen LogP contribution in [0.3, 0.4) is 0 Å². The van der Waals surface area contributed by atoms with Crippen LogP contribution in [0.4, 0.5) is 4.39 Å². The summed E-state index contributed by atoms with van der Waals surface area (Å²) in [6.07, 6.45) is 4.40. The van der Waals surface area contributed by atoms with Crippen LogP contribution in [0, 0.1) is 5.82 Å². The molecule has 4 heterocycles. The molecular weight excluding hydrogens is 371 g/mol. The molecular formula is C21H23FN6O. The van der Waals surface area contributed by atoms with E-state index in [2.05, 4.69) is 21.0 Å². The molecule has 1 aromatic carbocycles. The number of benzene rings is 1. The maximum absolute atomic E-state index is 13.1. The van der Waals surface area contributed by atoms with Crippen LogP contribution < -0.4 is 10.9 Å². The average molecular weight is 394 g/mol. The molecule has 0 radical (unpaired) electrons. The number of nitrogens with one attached hydrogen (secondary N) is 2. The second-order valence-electron chi connectivity index (χ2n) is 7.77. The number of likely N-dealkylation sites (tertiary alicyclic amines) is 1. The van der Waals surface area contributed by atoms with Gasteiger partial charge in [0.15, 0.2) is 5.65 Å². The fourth-order valence-corrected chi connectivity index (χ4v) is 4.35. The van der Waals surface area contributed by atoms with Gasteiger partial charge in [0.2, 0.25) is 5.91 Å². The minimum atomic E-state index is -0.268. The highest BCUT2D eigenvalue weighted by Crippen LogP contribution is 2.29. The van der Waals surface area contributed by atoms with Crippen molar-refractivity contribution in [1.29, 1.82) is 0 Å². The Morgan fingerprint density at radius 3 is 2.62 bits per heavy atom. The van der Waals surface area contributed by atoms with E-state index in [1.165, 1.54) is 12.1 Å². The fraction of sp³-hybridized carbons (Fsp3) is 0.381. The number of fused-ring (bicyclic) bond motifs is 1. The number of halogens is 1. The monoisotopic (exact) mass is 394 g/mol. The molecule has 0 bridgehead atoms. The highest BCUT2D eigenvalue weighted by atomic mass is 19.1. The molecule has 1 amide bonds. The predicted octanol–water partition coefficient (Wildman–Crippen LogP) is 2.18. The third kappa shape index (κ3) is 3.49. The number of hydrogen-bond acceptors (Lipinski definition) is 5. The summed E-state index contributed by atoms with van der Waals surface area (Å²) in [5.41, 5.74) is 8.12. The number of rotatable bonds is 3. The Labute approximate surface area is 167 Å². The minimum absolute atomic E-state index is 0.00412. The molecule has 2 atom stereocenters. The standard InChI is InChI=1S/C21H23FN6O/c22-16-6-4-14(5-7-16)17-13-18(24-23-17)21(29)27-11-8-15(9-12-27)20-26-25-19-3-1-2-10-28(19)20/h1-7,10,15,17-18,23-24H,8-9,11-13H2. The van der Waals surface area contributed by atoms with E-state index in [0.29, 0.717) is 25.4 Å². The number of pyridine rings is 1. The van der Waals surface area contributed by atoms with E-state index < -0.39 is 0 Å². The lowest BCUT2D eigenvalue weighted by Gasteiger charge is -2.32. The fourth-order valence-electron chi connectivity index (χ4n) is 4.35. The quantitative estimate of drug-likeness (QED) is 0.712. The van der Waals surface area contributed by atoms with Crippen LogP contribution in [0.2, 0.25) is 0 Å². The van der Waals surface area contributed by atoms with Gasteiger partial charge in [-0.15, -0.1) is 10.2 Å². The Hall–Kier alpha value is -2.84. The Kier molecular flexibility index (Phi) is 4.73. The van der Waals surface area contributed by atoms with Gasteiger partial charge in [0.05, 0.1) is 0 Å². The van der Waals surface area contributed by atoms with Crippen molar-refractivity contribution in [2.45, 2.75) is 37.3 Å². The molecule has 2 fully saturated rings. The van der Waals surface area contributed by atoms with Gasteiger partial charge in [-0.3, -0.25) is 9.20 Å². The third-order valence-electron chi connectivity index (χ3n) is 5.99. The summed E-state index contributed by atoms with van der Waals surface area (Å²) in [6, 6.07) is 12.0. The number of carbonyl (C=O) groups is 1. The number of hydrazine groups is 1. The van der Waals surface area contributed by atoms with Crippen molar-refractivity contribution < 1.29 is 9.18 Å². The van der Waals surface area contributed by atoms with Crippen LogP contribution >= 0.6 is 0 Å². The van der Waals surface area contributed by atoms with E-state index >= 15 is 0 Å². The molecule has 0 aliphatic carbocycles. The van der Waals surface area contributed by atoms with Crippen molar-refractivity contribution in [3.63, 3.8) is 0 Å². The van der Waals surface area contributed by atoms with Gasteiger partial charge in [-0.1, -0.05) is 18.2 Å². The van der Waals surface area contributed by atoms with E-state index in [1.807, 2.05) is 33.7 Å². The van der Waals surface area contributed by atoms with Crippen molar-refractivity contribution in [3.05, 3.63) is 65.9 Å². The van der Waals surface area contributed by atoms with E-state index in [1.54, 1.807) is 12.1 Å². The lowest BCUT2D eigenvalue weighted by Crippen LogP contribution is -2.48. The predicted molar refractivity (Wildman–Crippen MR) is 105 cm³/mol. The molecule has 5 rings (SSSR count). The van der Waals surface area contributed by atoms with Crippen molar-refractivity contribution >= 4 is 11.6 Å². The van der Waals surface area contributed by atoms with Crippen molar-refractivity contribution in [3.8, 4) is 0 Å². The van der Waals surface area contributed by atoms with Gasteiger partial charge in [0.1, 0.15) is 17.7 Å². The zero-order valence-electron chi connectivity index (χ0n) is 16.0. The summed E-state index contributed by atoms with van der Waals surface area (Å²) in [7, 11) is 0. The van der Waals surface area contributed by atoms with Crippen molar-refractivity contribution in [1.82, 2.24) is 30.3 Å². The summed E-state index contributed by atoms with van der Waals surface area (Å²) >= 11 is 0. The third-order valence-corrected chi connectivity index (χ3v) is 5.99. The maximum Gasteiger partial charge on any atom is 0.241 e. The van der Waals surface area contributed by atoms with E-state index in [9.17, 15) is 9.18 Å². The van der Waals surface area contributed by atoms with Gasteiger partial charge in [0.25, 0.3) is 0 Å². The molecule has 3 aromatic rings. The number of carbonyl (C=O) groups excluding carboxylic acids is 1. The number of piperidine rings is 1. The molecule has 2 aliphatic heterocycles. The molecule has 2 unspecified atom stereocenters. The Morgan fingerprint density at radius 1 is 1.03 bits per heavy atom. The lowest BCUT2D eigenvalue weighted by molar-refractivity contribution is -0.134. The number of aromatic nitrogens is 3. The smallest absolute Gasteiger partial charge is 0.241 e. The number of hydrogen-bond donors (Lipinski definition) is 2. The van der Waals surface area contributed by atoms with Crippen LogP contribution in [-0.4, -0.2) is 44.5 Å². The summed E-state index contributed by atoms with van der Waals surface area (Å²) in [5.74, 6) is 1.14. The summed E-state index contributed by atoms with van der Waals surface area (Å²) in [4.78, 5) is 14.9. The molecule has 2 N–H and O–H groups in total. The van der Waals surface area contributed by atoms with Gasteiger partial charge in [-0.2, -0.15) is 0 Å². The second-order valence-corrected chi connectivity index (χ2v) is 7.77. The molecule has 29 heavy (non-hydrogen) atoms. The summed E-state index contributed by atoms with van der Waals surface area (Å²) < 4.78 is 15.2. The van der Waals surface area contributed by atoms with Gasteiger partial charge < -0.3 is 4.90 Å². The molecule has 0 saturated carbocycles. The first kappa shape index (κ1) is 18.2. The van der Waals surface area contributed by atoms with Crippen LogP contribution in [0.5, 0.6) is 0 Å². The van der Waals surface area contributed by atoms with Gasteiger partial charge in [0, 0.05) is 31.2 Å².